The van der Waals surface area contributed by atoms with Crippen LogP contribution in [0.3, 0.4) is 0 Å². The Morgan fingerprint density at radius 3 is 1.75 bits per heavy atom. The van der Waals surface area contributed by atoms with Crippen LogP contribution in [-0.4, -0.2) is 0 Å². The summed E-state index contributed by atoms with van der Waals surface area (Å²) >= 11 is 0. The van der Waals surface area contributed by atoms with E-state index >= 15 is 0 Å². The van der Waals surface area contributed by atoms with Gasteiger partial charge in [-0.15, -0.1) is 0 Å². The van der Waals surface area contributed by atoms with E-state index in [9.17, 15) is 0 Å². The molecule has 0 aliphatic carbocycles. The zero-order valence-corrected chi connectivity index (χ0v) is 22.0. The Kier molecular flexibility index (Phi) is 3.22. The summed E-state index contributed by atoms with van der Waals surface area (Å²) in [5, 5.41) is 27.8. The van der Waals surface area contributed by atoms with Crippen molar-refractivity contribution in [2.45, 2.75) is 13.3 Å². The first kappa shape index (κ1) is 20.0. The maximum Gasteiger partial charge on any atom is -0.000761 e. The largest absolute Gasteiger partial charge is 0.0613 e. The smallest absolute Gasteiger partial charge is 0.000761 e. The summed E-state index contributed by atoms with van der Waals surface area (Å²) in [6.45, 7) is 2.29. The minimum absolute atomic E-state index is 1.04. The van der Waals surface area contributed by atoms with E-state index in [1.54, 1.807) is 0 Å². The average molecular weight is 503 g/mol. The lowest BCUT2D eigenvalue weighted by atomic mass is 9.79. The van der Waals surface area contributed by atoms with Crippen molar-refractivity contribution in [1.82, 2.24) is 0 Å². The Balaban J connectivity index is 1.55. The summed E-state index contributed by atoms with van der Waals surface area (Å²) < 4.78 is 0. The number of hydrogen-bond donors (Lipinski definition) is 0. The van der Waals surface area contributed by atoms with Crippen LogP contribution in [0.2, 0.25) is 0 Å². The van der Waals surface area contributed by atoms with Gasteiger partial charge in [-0.25, -0.2) is 0 Å². The molecule has 182 valence electrons. The Bertz CT molecular complexity index is 2830. The first-order chi connectivity index (χ1) is 19.8. The van der Waals surface area contributed by atoms with Crippen LogP contribution in [0.15, 0.2) is 103 Å². The van der Waals surface area contributed by atoms with Crippen LogP contribution in [-0.2, 0) is 6.42 Å². The predicted molar refractivity (Wildman–Crippen MR) is 176 cm³/mol. The second kappa shape index (κ2) is 6.43. The highest BCUT2D eigenvalue weighted by Gasteiger charge is 2.24. The van der Waals surface area contributed by atoms with E-state index in [2.05, 4.69) is 110 Å². The molecule has 0 aliphatic rings. The third-order valence-electron chi connectivity index (χ3n) is 10.1. The van der Waals surface area contributed by atoms with Crippen molar-refractivity contribution < 1.29 is 0 Å². The van der Waals surface area contributed by atoms with Gasteiger partial charge in [0.15, 0.2) is 0 Å². The molecule has 0 nitrogen and oxygen atoms in total. The summed E-state index contributed by atoms with van der Waals surface area (Å²) in [4.78, 5) is 0. The fraction of sp³-hybridized carbons (Fsp3) is 0.0500. The second-order valence-electron chi connectivity index (χ2n) is 11.9. The topological polar surface area (TPSA) is 0 Å². The lowest BCUT2D eigenvalue weighted by molar-refractivity contribution is 1.16. The highest BCUT2D eigenvalue weighted by atomic mass is 14.3. The van der Waals surface area contributed by atoms with E-state index in [1.165, 1.54) is 113 Å². The SMILES string of the molecule is CCc1cc2cccc3c2c2c1ccc1ccc4c5cc6ccc7cccc8cc9ccc(c5c9c6c78)c3c4c12. The quantitative estimate of drug-likeness (QED) is 0.155. The van der Waals surface area contributed by atoms with Crippen molar-refractivity contribution >= 4 is 108 Å². The molecule has 0 aromatic heterocycles. The van der Waals surface area contributed by atoms with Gasteiger partial charge < -0.3 is 0 Å². The zero-order valence-electron chi connectivity index (χ0n) is 22.0. The van der Waals surface area contributed by atoms with Crippen LogP contribution in [0.4, 0.5) is 0 Å². The van der Waals surface area contributed by atoms with E-state index in [-0.39, 0.29) is 0 Å². The minimum atomic E-state index is 1.04. The molecular formula is C40H22. The van der Waals surface area contributed by atoms with Gasteiger partial charge >= 0.3 is 0 Å². The maximum atomic E-state index is 2.49. The summed E-state index contributed by atoms with van der Waals surface area (Å²) in [5.74, 6) is 0. The number of benzene rings is 11. The molecule has 0 unspecified atom stereocenters. The van der Waals surface area contributed by atoms with Gasteiger partial charge in [0.25, 0.3) is 0 Å². The van der Waals surface area contributed by atoms with Gasteiger partial charge in [0.05, 0.1) is 0 Å². The molecule has 11 aromatic rings. The summed E-state index contributed by atoms with van der Waals surface area (Å²) in [5.41, 5.74) is 1.44. The van der Waals surface area contributed by atoms with E-state index in [4.69, 9.17) is 0 Å². The minimum Gasteiger partial charge on any atom is -0.0613 e. The van der Waals surface area contributed by atoms with E-state index in [1.807, 2.05) is 0 Å². The third-order valence-corrected chi connectivity index (χ3v) is 10.1. The van der Waals surface area contributed by atoms with Crippen LogP contribution >= 0.6 is 0 Å². The van der Waals surface area contributed by atoms with Crippen molar-refractivity contribution in [3.63, 3.8) is 0 Å². The molecule has 0 heteroatoms. The third kappa shape index (κ3) is 2.04. The van der Waals surface area contributed by atoms with Crippen LogP contribution in [0, 0.1) is 0 Å². The molecule has 0 spiro atoms. The standard InChI is InChI=1S/C40H22/c1-2-20-17-24-7-4-8-29-33(24)39-27(20)14-11-22-12-15-28-31-19-26-10-9-21-5-3-6-23-18-25-13-16-30(37(29)40(28)34(22)39)38(31)36(25)35(26)32(21)23/h3-19H,2H2,1H3. The molecule has 0 radical (unpaired) electrons. The molecule has 0 heterocycles. The highest BCUT2D eigenvalue weighted by molar-refractivity contribution is 6.49. The Labute approximate surface area is 229 Å². The van der Waals surface area contributed by atoms with Crippen molar-refractivity contribution in [2.24, 2.45) is 0 Å². The molecule has 0 N–H and O–H groups in total. The van der Waals surface area contributed by atoms with Gasteiger partial charge in [-0.05, 0) is 132 Å². The van der Waals surface area contributed by atoms with Crippen LogP contribution < -0.4 is 0 Å². The number of fused-ring (bicyclic) bond motifs is 3. The molecule has 0 atom stereocenters. The van der Waals surface area contributed by atoms with Gasteiger partial charge in [0.2, 0.25) is 0 Å². The monoisotopic (exact) mass is 502 g/mol. The van der Waals surface area contributed by atoms with Crippen molar-refractivity contribution in [2.75, 3.05) is 0 Å². The predicted octanol–water partition coefficient (Wildman–Crippen LogP) is 11.5. The molecule has 0 fully saturated rings. The van der Waals surface area contributed by atoms with E-state index in [0.29, 0.717) is 0 Å². The van der Waals surface area contributed by atoms with Gasteiger partial charge in [-0.3, -0.25) is 0 Å². The first-order valence-corrected chi connectivity index (χ1v) is 14.4. The Morgan fingerprint density at radius 1 is 0.325 bits per heavy atom. The number of aryl methyl sites for hydroxylation is 1. The van der Waals surface area contributed by atoms with Gasteiger partial charge in [0.1, 0.15) is 0 Å². The molecule has 0 bridgehead atoms. The van der Waals surface area contributed by atoms with Gasteiger partial charge in [-0.1, -0.05) is 97.9 Å². The maximum absolute atomic E-state index is 2.49. The molecular weight excluding hydrogens is 480 g/mol. The molecule has 0 saturated carbocycles. The normalized spacial score (nSPS) is 13.2. The number of hydrogen-bond acceptors (Lipinski definition) is 0. The van der Waals surface area contributed by atoms with Crippen molar-refractivity contribution in [1.29, 1.82) is 0 Å². The van der Waals surface area contributed by atoms with Crippen LogP contribution in [0.25, 0.3) is 108 Å². The van der Waals surface area contributed by atoms with Crippen LogP contribution in [0.1, 0.15) is 12.5 Å². The van der Waals surface area contributed by atoms with E-state index < -0.39 is 0 Å². The first-order valence-electron chi connectivity index (χ1n) is 14.4. The highest BCUT2D eigenvalue weighted by Crippen LogP contribution is 2.52. The molecule has 11 rings (SSSR count). The number of rotatable bonds is 1. The van der Waals surface area contributed by atoms with Gasteiger partial charge in [0, 0.05) is 0 Å². The van der Waals surface area contributed by atoms with Gasteiger partial charge in [-0.2, -0.15) is 0 Å². The van der Waals surface area contributed by atoms with Crippen molar-refractivity contribution in [3.05, 3.63) is 109 Å². The fourth-order valence-electron chi connectivity index (χ4n) is 8.62. The molecule has 0 saturated heterocycles. The summed E-state index contributed by atoms with van der Waals surface area (Å²) in [6.07, 6.45) is 1.04. The Morgan fingerprint density at radius 2 is 0.850 bits per heavy atom. The molecule has 40 heavy (non-hydrogen) atoms. The lowest BCUT2D eigenvalue weighted by Crippen LogP contribution is -1.96. The second-order valence-corrected chi connectivity index (χ2v) is 11.9. The Hall–Kier alpha value is -4.94. The van der Waals surface area contributed by atoms with Crippen molar-refractivity contribution in [3.8, 4) is 0 Å². The fourth-order valence-corrected chi connectivity index (χ4v) is 8.62. The lowest BCUT2D eigenvalue weighted by Gasteiger charge is -2.23. The van der Waals surface area contributed by atoms with E-state index in [0.717, 1.165) is 6.42 Å². The molecule has 0 amide bonds. The van der Waals surface area contributed by atoms with Crippen LogP contribution in [0.5, 0.6) is 0 Å². The summed E-state index contributed by atoms with van der Waals surface area (Å²) in [7, 11) is 0. The average Bonchev–Trinajstić information content (AvgIpc) is 3.00. The zero-order chi connectivity index (χ0) is 25.9. The molecule has 11 aromatic carbocycles. The summed E-state index contributed by atoms with van der Waals surface area (Å²) in [6, 6.07) is 39.9. The molecule has 0 aliphatic heterocycles.